The van der Waals surface area contributed by atoms with Crippen molar-refractivity contribution in [3.8, 4) is 0 Å². The van der Waals surface area contributed by atoms with Crippen LogP contribution in [0.15, 0.2) is 18.2 Å². The standard InChI is InChI=1S/C13H17F2N/c1-9-3-4-11(10(2)5-9)12(8-16)6-13(14,15)7-12/h3-5H,6-8,16H2,1-2H3. The molecule has 0 spiro atoms. The van der Waals surface area contributed by atoms with Crippen molar-refractivity contribution < 1.29 is 8.78 Å². The van der Waals surface area contributed by atoms with Crippen LogP contribution in [0.1, 0.15) is 29.5 Å². The minimum absolute atomic E-state index is 0.111. The average molecular weight is 225 g/mol. The van der Waals surface area contributed by atoms with E-state index in [-0.39, 0.29) is 12.8 Å². The van der Waals surface area contributed by atoms with Crippen LogP contribution in [0.2, 0.25) is 0 Å². The molecule has 1 aromatic carbocycles. The molecule has 0 atom stereocenters. The maximum Gasteiger partial charge on any atom is 0.250 e. The summed E-state index contributed by atoms with van der Waals surface area (Å²) in [6.45, 7) is 4.27. The molecular weight excluding hydrogens is 208 g/mol. The van der Waals surface area contributed by atoms with Gasteiger partial charge in [-0.2, -0.15) is 0 Å². The highest BCUT2D eigenvalue weighted by Gasteiger charge is 2.56. The lowest BCUT2D eigenvalue weighted by Crippen LogP contribution is -2.54. The van der Waals surface area contributed by atoms with E-state index in [1.54, 1.807) is 0 Å². The molecule has 0 unspecified atom stereocenters. The minimum atomic E-state index is -2.53. The number of hydrogen-bond donors (Lipinski definition) is 1. The van der Waals surface area contributed by atoms with Gasteiger partial charge in [0, 0.05) is 24.8 Å². The SMILES string of the molecule is Cc1ccc(C2(CN)CC(F)(F)C2)c(C)c1. The van der Waals surface area contributed by atoms with E-state index < -0.39 is 11.3 Å². The van der Waals surface area contributed by atoms with Crippen LogP contribution in [-0.2, 0) is 5.41 Å². The molecule has 0 radical (unpaired) electrons. The molecule has 88 valence electrons. The summed E-state index contributed by atoms with van der Waals surface area (Å²) in [6.07, 6.45) is -0.221. The topological polar surface area (TPSA) is 26.0 Å². The van der Waals surface area contributed by atoms with Gasteiger partial charge >= 0.3 is 0 Å². The molecule has 3 heteroatoms. The Balaban J connectivity index is 2.36. The minimum Gasteiger partial charge on any atom is -0.330 e. The van der Waals surface area contributed by atoms with E-state index in [4.69, 9.17) is 5.73 Å². The third-order valence-electron chi connectivity index (χ3n) is 3.54. The van der Waals surface area contributed by atoms with Crippen molar-refractivity contribution in [2.45, 2.75) is 38.0 Å². The van der Waals surface area contributed by atoms with Crippen LogP contribution in [0, 0.1) is 13.8 Å². The summed E-state index contributed by atoms with van der Waals surface area (Å²) < 4.78 is 26.1. The highest BCUT2D eigenvalue weighted by atomic mass is 19.3. The maximum atomic E-state index is 13.1. The van der Waals surface area contributed by atoms with Gasteiger partial charge in [-0.05, 0) is 25.0 Å². The van der Waals surface area contributed by atoms with Gasteiger partial charge in [0.15, 0.2) is 0 Å². The summed E-state index contributed by atoms with van der Waals surface area (Å²) >= 11 is 0. The van der Waals surface area contributed by atoms with Gasteiger partial charge in [-0.15, -0.1) is 0 Å². The van der Waals surface area contributed by atoms with E-state index in [9.17, 15) is 8.78 Å². The third kappa shape index (κ3) is 1.73. The highest BCUT2D eigenvalue weighted by molar-refractivity contribution is 5.39. The lowest BCUT2D eigenvalue weighted by atomic mass is 9.61. The van der Waals surface area contributed by atoms with Crippen molar-refractivity contribution in [2.24, 2.45) is 5.73 Å². The number of benzene rings is 1. The van der Waals surface area contributed by atoms with Crippen LogP contribution in [0.4, 0.5) is 8.78 Å². The second-order valence-corrected chi connectivity index (χ2v) is 5.01. The Bertz CT molecular complexity index is 404. The molecule has 0 amide bonds. The highest BCUT2D eigenvalue weighted by Crippen LogP contribution is 2.53. The molecule has 1 saturated carbocycles. The predicted octanol–water partition coefficient (Wildman–Crippen LogP) is 2.93. The summed E-state index contributed by atoms with van der Waals surface area (Å²) in [4.78, 5) is 0. The van der Waals surface area contributed by atoms with E-state index in [2.05, 4.69) is 0 Å². The number of aryl methyl sites for hydroxylation is 2. The van der Waals surface area contributed by atoms with Crippen LogP contribution < -0.4 is 5.73 Å². The van der Waals surface area contributed by atoms with Gasteiger partial charge in [-0.1, -0.05) is 23.8 Å². The first kappa shape index (κ1) is 11.5. The zero-order chi connectivity index (χ0) is 12.0. The molecule has 2 N–H and O–H groups in total. The molecule has 1 nitrogen and oxygen atoms in total. The first-order valence-corrected chi connectivity index (χ1v) is 5.54. The van der Waals surface area contributed by atoms with Gasteiger partial charge in [-0.25, -0.2) is 8.78 Å². The number of rotatable bonds is 2. The quantitative estimate of drug-likeness (QED) is 0.822. The first-order chi connectivity index (χ1) is 7.38. The van der Waals surface area contributed by atoms with Gasteiger partial charge in [0.05, 0.1) is 0 Å². The molecular formula is C13H17F2N. The van der Waals surface area contributed by atoms with Crippen LogP contribution >= 0.6 is 0 Å². The zero-order valence-electron chi connectivity index (χ0n) is 9.69. The summed E-state index contributed by atoms with van der Waals surface area (Å²) in [6, 6.07) is 5.95. The fraction of sp³-hybridized carbons (Fsp3) is 0.538. The molecule has 1 fully saturated rings. The van der Waals surface area contributed by atoms with Crippen molar-refractivity contribution >= 4 is 0 Å². The van der Waals surface area contributed by atoms with Gasteiger partial charge in [0.2, 0.25) is 5.92 Å². The Hall–Kier alpha value is -0.960. The molecule has 1 aromatic rings. The second-order valence-electron chi connectivity index (χ2n) is 5.01. The Labute approximate surface area is 94.7 Å². The summed E-state index contributed by atoms with van der Waals surface area (Å²) in [5, 5.41) is 0. The Kier molecular flexibility index (Phi) is 2.54. The van der Waals surface area contributed by atoms with Crippen molar-refractivity contribution in [1.82, 2.24) is 0 Å². The fourth-order valence-electron chi connectivity index (χ4n) is 2.79. The summed E-state index contributed by atoms with van der Waals surface area (Å²) in [7, 11) is 0. The van der Waals surface area contributed by atoms with E-state index in [0.29, 0.717) is 6.54 Å². The Morgan fingerprint density at radius 3 is 2.31 bits per heavy atom. The third-order valence-corrected chi connectivity index (χ3v) is 3.54. The van der Waals surface area contributed by atoms with Crippen LogP contribution in [0.3, 0.4) is 0 Å². The van der Waals surface area contributed by atoms with Crippen LogP contribution in [0.25, 0.3) is 0 Å². The molecule has 16 heavy (non-hydrogen) atoms. The van der Waals surface area contributed by atoms with E-state index in [1.807, 2.05) is 32.0 Å². The molecule has 0 bridgehead atoms. The fourth-order valence-corrected chi connectivity index (χ4v) is 2.79. The van der Waals surface area contributed by atoms with Crippen LogP contribution in [0.5, 0.6) is 0 Å². The average Bonchev–Trinajstić information content (AvgIpc) is 2.13. The van der Waals surface area contributed by atoms with E-state index >= 15 is 0 Å². The number of hydrogen-bond acceptors (Lipinski definition) is 1. The number of halogens is 2. The molecule has 0 saturated heterocycles. The van der Waals surface area contributed by atoms with Crippen molar-refractivity contribution in [2.75, 3.05) is 6.54 Å². The normalized spacial score (nSPS) is 21.6. The Morgan fingerprint density at radius 1 is 1.25 bits per heavy atom. The smallest absolute Gasteiger partial charge is 0.250 e. The molecule has 1 aliphatic carbocycles. The van der Waals surface area contributed by atoms with Gasteiger partial charge in [0.25, 0.3) is 0 Å². The van der Waals surface area contributed by atoms with Gasteiger partial charge in [-0.3, -0.25) is 0 Å². The molecule has 0 aliphatic heterocycles. The number of nitrogens with two attached hydrogens (primary N) is 1. The second kappa shape index (κ2) is 3.52. The molecule has 2 rings (SSSR count). The zero-order valence-corrected chi connectivity index (χ0v) is 9.69. The summed E-state index contributed by atoms with van der Waals surface area (Å²) in [5.41, 5.74) is 8.41. The van der Waals surface area contributed by atoms with Crippen molar-refractivity contribution in [1.29, 1.82) is 0 Å². The van der Waals surface area contributed by atoms with E-state index in [1.165, 1.54) is 0 Å². The molecule has 1 aliphatic rings. The lowest BCUT2D eigenvalue weighted by molar-refractivity contribution is -0.123. The molecule has 0 aromatic heterocycles. The Morgan fingerprint density at radius 2 is 1.88 bits per heavy atom. The van der Waals surface area contributed by atoms with E-state index in [0.717, 1.165) is 16.7 Å². The van der Waals surface area contributed by atoms with Gasteiger partial charge in [0.1, 0.15) is 0 Å². The van der Waals surface area contributed by atoms with Crippen molar-refractivity contribution in [3.63, 3.8) is 0 Å². The lowest BCUT2D eigenvalue weighted by Gasteiger charge is -2.47. The molecule has 0 heterocycles. The first-order valence-electron chi connectivity index (χ1n) is 5.54. The van der Waals surface area contributed by atoms with Crippen molar-refractivity contribution in [3.05, 3.63) is 34.9 Å². The summed E-state index contributed by atoms with van der Waals surface area (Å²) in [5.74, 6) is -2.53. The maximum absolute atomic E-state index is 13.1. The predicted molar refractivity (Wildman–Crippen MR) is 60.8 cm³/mol. The van der Waals surface area contributed by atoms with Gasteiger partial charge < -0.3 is 5.73 Å². The largest absolute Gasteiger partial charge is 0.330 e. The monoisotopic (exact) mass is 225 g/mol. The van der Waals surface area contributed by atoms with Crippen LogP contribution in [-0.4, -0.2) is 12.5 Å². The number of alkyl halides is 2.